The molecule has 26 heavy (non-hydrogen) atoms. The summed E-state index contributed by atoms with van der Waals surface area (Å²) in [5.41, 5.74) is 3.03. The summed E-state index contributed by atoms with van der Waals surface area (Å²) in [4.78, 5) is 0. The number of aromatic nitrogens is 4. The first-order valence-electron chi connectivity index (χ1n) is 8.98. The van der Waals surface area contributed by atoms with Crippen LogP contribution in [-0.4, -0.2) is 27.3 Å². The lowest BCUT2D eigenvalue weighted by Crippen LogP contribution is -2.35. The Morgan fingerprint density at radius 1 is 1.00 bits per heavy atom. The van der Waals surface area contributed by atoms with Gasteiger partial charge in [-0.2, -0.15) is 4.68 Å². The van der Waals surface area contributed by atoms with Crippen molar-refractivity contribution in [2.45, 2.75) is 38.1 Å². The van der Waals surface area contributed by atoms with Crippen LogP contribution in [0.25, 0.3) is 5.69 Å². The third kappa shape index (κ3) is 3.03. The van der Waals surface area contributed by atoms with Crippen molar-refractivity contribution in [3.63, 3.8) is 0 Å². The van der Waals surface area contributed by atoms with E-state index >= 15 is 0 Å². The van der Waals surface area contributed by atoms with Crippen LogP contribution in [0.5, 0.6) is 5.75 Å². The van der Waals surface area contributed by atoms with Crippen LogP contribution in [0, 0.1) is 6.92 Å². The van der Waals surface area contributed by atoms with Crippen LogP contribution >= 0.6 is 0 Å². The molecule has 2 aromatic carbocycles. The van der Waals surface area contributed by atoms with E-state index < -0.39 is 0 Å². The average Bonchev–Trinajstić information content (AvgIpc) is 3.34. The minimum atomic E-state index is -0.251. The molecule has 6 heteroatoms. The molecule has 4 rings (SSSR count). The highest BCUT2D eigenvalue weighted by Crippen LogP contribution is 2.41. The number of nitrogens with zero attached hydrogens (tertiary/aromatic N) is 4. The van der Waals surface area contributed by atoms with Crippen molar-refractivity contribution in [2.24, 2.45) is 0 Å². The van der Waals surface area contributed by atoms with Crippen LogP contribution in [0.2, 0.25) is 0 Å². The van der Waals surface area contributed by atoms with Crippen molar-refractivity contribution in [3.8, 4) is 11.4 Å². The quantitative estimate of drug-likeness (QED) is 0.758. The molecule has 1 heterocycles. The molecule has 6 nitrogen and oxygen atoms in total. The minimum Gasteiger partial charge on any atom is -0.497 e. The van der Waals surface area contributed by atoms with Crippen molar-refractivity contribution in [1.29, 1.82) is 0 Å². The summed E-state index contributed by atoms with van der Waals surface area (Å²) in [5, 5.41) is 16.4. The SMILES string of the molecule is COc1ccc(-n2nnnc2C2(Nc3ccc(C)cc3)CCCC2)cc1. The molecule has 0 atom stereocenters. The molecule has 0 saturated heterocycles. The largest absolute Gasteiger partial charge is 0.497 e. The Balaban J connectivity index is 1.71. The van der Waals surface area contributed by atoms with Crippen LogP contribution in [0.4, 0.5) is 5.69 Å². The molecular formula is C20H23N5O. The second-order valence-electron chi connectivity index (χ2n) is 6.89. The highest BCUT2D eigenvalue weighted by atomic mass is 16.5. The lowest BCUT2D eigenvalue weighted by molar-refractivity contribution is 0.414. The van der Waals surface area contributed by atoms with Gasteiger partial charge < -0.3 is 10.1 Å². The average molecular weight is 349 g/mol. The fraction of sp³-hybridized carbons (Fsp3) is 0.350. The number of aryl methyl sites for hydroxylation is 1. The van der Waals surface area contributed by atoms with Crippen LogP contribution in [0.15, 0.2) is 48.5 Å². The van der Waals surface area contributed by atoms with Crippen molar-refractivity contribution in [2.75, 3.05) is 12.4 Å². The molecule has 0 bridgehead atoms. The molecule has 1 aromatic heterocycles. The van der Waals surface area contributed by atoms with E-state index in [9.17, 15) is 0 Å². The Kier molecular flexibility index (Phi) is 4.32. The highest BCUT2D eigenvalue weighted by Gasteiger charge is 2.40. The van der Waals surface area contributed by atoms with Crippen LogP contribution in [0.3, 0.4) is 0 Å². The Morgan fingerprint density at radius 3 is 2.35 bits per heavy atom. The normalized spacial score (nSPS) is 15.8. The predicted molar refractivity (Wildman–Crippen MR) is 101 cm³/mol. The van der Waals surface area contributed by atoms with E-state index in [1.807, 2.05) is 28.9 Å². The zero-order chi connectivity index (χ0) is 18.0. The lowest BCUT2D eigenvalue weighted by atomic mass is 9.95. The van der Waals surface area contributed by atoms with E-state index in [0.717, 1.165) is 48.6 Å². The maximum Gasteiger partial charge on any atom is 0.181 e. The van der Waals surface area contributed by atoms with Gasteiger partial charge in [-0.3, -0.25) is 0 Å². The first kappa shape index (κ1) is 16.6. The topological polar surface area (TPSA) is 64.9 Å². The molecule has 3 aromatic rings. The van der Waals surface area contributed by atoms with Gasteiger partial charge in [-0.15, -0.1) is 5.10 Å². The Morgan fingerprint density at radius 2 is 1.69 bits per heavy atom. The monoisotopic (exact) mass is 349 g/mol. The van der Waals surface area contributed by atoms with E-state index in [-0.39, 0.29) is 5.54 Å². The van der Waals surface area contributed by atoms with Gasteiger partial charge in [0.05, 0.1) is 18.3 Å². The van der Waals surface area contributed by atoms with E-state index in [1.54, 1.807) is 7.11 Å². The van der Waals surface area contributed by atoms with Crippen molar-refractivity contribution < 1.29 is 4.74 Å². The van der Waals surface area contributed by atoms with Gasteiger partial charge in [0.15, 0.2) is 5.82 Å². The predicted octanol–water partition coefficient (Wildman–Crippen LogP) is 3.86. The number of hydrogen-bond donors (Lipinski definition) is 1. The minimum absolute atomic E-state index is 0.251. The van der Waals surface area contributed by atoms with Crippen molar-refractivity contribution >= 4 is 5.69 Å². The smallest absolute Gasteiger partial charge is 0.181 e. The first-order valence-corrected chi connectivity index (χ1v) is 8.98. The third-order valence-electron chi connectivity index (χ3n) is 5.11. The van der Waals surface area contributed by atoms with Crippen LogP contribution in [-0.2, 0) is 5.54 Å². The molecule has 1 aliphatic rings. The van der Waals surface area contributed by atoms with Gasteiger partial charge in [-0.1, -0.05) is 30.5 Å². The van der Waals surface area contributed by atoms with Crippen LogP contribution < -0.4 is 10.1 Å². The maximum absolute atomic E-state index is 5.25. The Hall–Kier alpha value is -2.89. The molecule has 0 spiro atoms. The van der Waals surface area contributed by atoms with Crippen LogP contribution in [0.1, 0.15) is 37.1 Å². The number of nitrogens with one attached hydrogen (secondary N) is 1. The number of methoxy groups -OCH3 is 1. The molecule has 1 saturated carbocycles. The molecule has 1 aliphatic carbocycles. The second kappa shape index (κ2) is 6.78. The summed E-state index contributed by atoms with van der Waals surface area (Å²) in [6, 6.07) is 16.3. The second-order valence-corrected chi connectivity index (χ2v) is 6.89. The van der Waals surface area contributed by atoms with Gasteiger partial charge in [-0.25, -0.2) is 0 Å². The molecule has 134 valence electrons. The Labute approximate surface area is 153 Å². The number of anilines is 1. The summed E-state index contributed by atoms with van der Waals surface area (Å²) < 4.78 is 7.09. The lowest BCUT2D eigenvalue weighted by Gasteiger charge is -2.30. The number of hydrogen-bond acceptors (Lipinski definition) is 5. The summed E-state index contributed by atoms with van der Waals surface area (Å²) in [6.45, 7) is 2.10. The van der Waals surface area contributed by atoms with E-state index in [2.05, 4.69) is 52.0 Å². The summed E-state index contributed by atoms with van der Waals surface area (Å²) in [7, 11) is 1.66. The van der Waals surface area contributed by atoms with Gasteiger partial charge >= 0.3 is 0 Å². The number of benzene rings is 2. The number of tetrazole rings is 1. The molecule has 0 unspecified atom stereocenters. The highest BCUT2D eigenvalue weighted by molar-refractivity contribution is 5.48. The fourth-order valence-electron chi connectivity index (χ4n) is 3.68. The molecule has 0 aliphatic heterocycles. The fourth-order valence-corrected chi connectivity index (χ4v) is 3.68. The zero-order valence-corrected chi connectivity index (χ0v) is 15.1. The molecule has 1 N–H and O–H groups in total. The van der Waals surface area contributed by atoms with E-state index in [4.69, 9.17) is 4.74 Å². The van der Waals surface area contributed by atoms with Crippen molar-refractivity contribution in [1.82, 2.24) is 20.2 Å². The zero-order valence-electron chi connectivity index (χ0n) is 15.1. The third-order valence-corrected chi connectivity index (χ3v) is 5.11. The van der Waals surface area contributed by atoms with Gasteiger partial charge in [-0.05, 0) is 66.6 Å². The summed E-state index contributed by atoms with van der Waals surface area (Å²) in [5.74, 6) is 1.68. The van der Waals surface area contributed by atoms with Crippen molar-refractivity contribution in [3.05, 3.63) is 59.9 Å². The maximum atomic E-state index is 5.25. The van der Waals surface area contributed by atoms with Gasteiger partial charge in [0.2, 0.25) is 0 Å². The summed E-state index contributed by atoms with van der Waals surface area (Å²) in [6.07, 6.45) is 4.34. The number of rotatable bonds is 5. The number of ether oxygens (including phenoxy) is 1. The van der Waals surface area contributed by atoms with Gasteiger partial charge in [0.25, 0.3) is 0 Å². The van der Waals surface area contributed by atoms with Gasteiger partial charge in [0.1, 0.15) is 5.75 Å². The molecule has 0 radical (unpaired) electrons. The molecule has 0 amide bonds. The Bertz CT molecular complexity index is 864. The first-order chi connectivity index (χ1) is 12.7. The standard InChI is InChI=1S/C20H23N5O/c1-15-5-7-16(8-6-15)21-20(13-3-4-14-20)19-22-23-24-25(19)17-9-11-18(26-2)12-10-17/h5-12,21H,3-4,13-14H2,1-2H3. The van der Waals surface area contributed by atoms with E-state index in [0.29, 0.717) is 0 Å². The van der Waals surface area contributed by atoms with Gasteiger partial charge in [0, 0.05) is 5.69 Å². The molecular weight excluding hydrogens is 326 g/mol. The molecule has 1 fully saturated rings. The van der Waals surface area contributed by atoms with E-state index in [1.165, 1.54) is 5.56 Å². The summed E-state index contributed by atoms with van der Waals surface area (Å²) >= 11 is 0.